The molecule has 2 aromatic rings. The average molecular weight is 325 g/mol. The van der Waals surface area contributed by atoms with Crippen LogP contribution in [0.3, 0.4) is 0 Å². The summed E-state index contributed by atoms with van der Waals surface area (Å²) in [5.41, 5.74) is 2.17. The Bertz CT molecular complexity index is 520. The highest BCUT2D eigenvalue weighted by Crippen LogP contribution is 2.28. The third-order valence-electron chi connectivity index (χ3n) is 2.86. The summed E-state index contributed by atoms with van der Waals surface area (Å²) in [5.74, 6) is 0. The fourth-order valence-electron chi connectivity index (χ4n) is 1.91. The molecule has 1 fully saturated rings. The molecule has 1 aromatic heterocycles. The minimum absolute atomic E-state index is 0.105. The minimum atomic E-state index is 0.105. The van der Waals surface area contributed by atoms with Crippen LogP contribution in [-0.4, -0.2) is 24.7 Å². The maximum Gasteiger partial charge on any atom is 0.124 e. The average Bonchev–Trinajstić information content (AvgIpc) is 2.90. The van der Waals surface area contributed by atoms with Gasteiger partial charge in [-0.1, -0.05) is 28.1 Å². The molecule has 3 nitrogen and oxygen atoms in total. The van der Waals surface area contributed by atoms with Crippen molar-refractivity contribution in [2.75, 3.05) is 19.7 Å². The van der Waals surface area contributed by atoms with Crippen LogP contribution in [0.2, 0.25) is 0 Å². The Labute approximate surface area is 118 Å². The molecule has 5 heteroatoms. The summed E-state index contributed by atoms with van der Waals surface area (Å²) in [6.45, 7) is 2.55. The number of morpholine rings is 1. The Morgan fingerprint density at radius 2 is 2.17 bits per heavy atom. The molecule has 18 heavy (non-hydrogen) atoms. The van der Waals surface area contributed by atoms with Gasteiger partial charge >= 0.3 is 0 Å². The number of hydrogen-bond acceptors (Lipinski definition) is 4. The van der Waals surface area contributed by atoms with Gasteiger partial charge in [0.05, 0.1) is 12.3 Å². The summed E-state index contributed by atoms with van der Waals surface area (Å²) in [5, 5.41) is 6.47. The number of ether oxygens (including phenoxy) is 1. The van der Waals surface area contributed by atoms with Gasteiger partial charge in [0, 0.05) is 28.5 Å². The fraction of sp³-hybridized carbons (Fsp3) is 0.308. The molecule has 3 rings (SSSR count). The number of halogens is 1. The van der Waals surface area contributed by atoms with Crippen molar-refractivity contribution in [3.63, 3.8) is 0 Å². The molecule has 1 unspecified atom stereocenters. The molecule has 1 saturated heterocycles. The molecule has 0 aliphatic carbocycles. The lowest BCUT2D eigenvalue weighted by Crippen LogP contribution is -2.33. The Morgan fingerprint density at radius 1 is 1.33 bits per heavy atom. The number of rotatable bonds is 2. The third-order valence-corrected chi connectivity index (χ3v) is 4.33. The van der Waals surface area contributed by atoms with Crippen LogP contribution in [0.4, 0.5) is 0 Å². The van der Waals surface area contributed by atoms with E-state index in [0.29, 0.717) is 0 Å². The first-order valence-electron chi connectivity index (χ1n) is 5.86. The zero-order valence-electron chi connectivity index (χ0n) is 9.73. The quantitative estimate of drug-likeness (QED) is 0.920. The van der Waals surface area contributed by atoms with E-state index in [1.165, 1.54) is 0 Å². The molecule has 1 N–H and O–H groups in total. The second kappa shape index (κ2) is 5.48. The first-order valence-corrected chi connectivity index (χ1v) is 7.54. The van der Waals surface area contributed by atoms with Crippen molar-refractivity contribution in [2.45, 2.75) is 6.10 Å². The van der Waals surface area contributed by atoms with Gasteiger partial charge in [0.15, 0.2) is 0 Å². The monoisotopic (exact) mass is 324 g/mol. The van der Waals surface area contributed by atoms with E-state index in [1.807, 2.05) is 12.1 Å². The van der Waals surface area contributed by atoms with Gasteiger partial charge in [0.25, 0.3) is 0 Å². The standard InChI is InChI=1S/C13H13BrN2OS/c14-10-3-1-9(2-4-10)11-8-18-13(16-11)12-7-15-5-6-17-12/h1-4,8,12,15H,5-7H2. The minimum Gasteiger partial charge on any atom is -0.368 e. The van der Waals surface area contributed by atoms with Crippen molar-refractivity contribution in [2.24, 2.45) is 0 Å². The lowest BCUT2D eigenvalue weighted by Gasteiger charge is -2.21. The molecule has 0 saturated carbocycles. The highest BCUT2D eigenvalue weighted by molar-refractivity contribution is 9.10. The number of benzene rings is 1. The van der Waals surface area contributed by atoms with Crippen LogP contribution in [0.5, 0.6) is 0 Å². The van der Waals surface area contributed by atoms with E-state index in [-0.39, 0.29) is 6.10 Å². The molecule has 0 radical (unpaired) electrons. The molecule has 1 atom stereocenters. The first kappa shape index (κ1) is 12.3. The van der Waals surface area contributed by atoms with Gasteiger partial charge in [-0.3, -0.25) is 0 Å². The lowest BCUT2D eigenvalue weighted by molar-refractivity contribution is 0.0276. The van der Waals surface area contributed by atoms with Gasteiger partial charge in [-0.2, -0.15) is 0 Å². The number of nitrogens with one attached hydrogen (secondary N) is 1. The molecule has 0 bridgehead atoms. The summed E-state index contributed by atoms with van der Waals surface area (Å²) in [6.07, 6.45) is 0.105. The highest BCUT2D eigenvalue weighted by atomic mass is 79.9. The molecule has 1 aromatic carbocycles. The number of hydrogen-bond donors (Lipinski definition) is 1. The van der Waals surface area contributed by atoms with Crippen molar-refractivity contribution in [3.8, 4) is 11.3 Å². The molecule has 1 aliphatic rings. The van der Waals surface area contributed by atoms with Gasteiger partial charge in [-0.05, 0) is 12.1 Å². The maximum absolute atomic E-state index is 5.71. The summed E-state index contributed by atoms with van der Waals surface area (Å²) in [7, 11) is 0. The Hall–Kier alpha value is -0.750. The smallest absolute Gasteiger partial charge is 0.124 e. The van der Waals surface area contributed by atoms with Crippen LogP contribution >= 0.6 is 27.3 Å². The van der Waals surface area contributed by atoms with Crippen molar-refractivity contribution in [1.82, 2.24) is 10.3 Å². The molecule has 1 aliphatic heterocycles. The topological polar surface area (TPSA) is 34.1 Å². The van der Waals surface area contributed by atoms with Gasteiger partial charge in [0.1, 0.15) is 11.1 Å². The Morgan fingerprint density at radius 3 is 2.89 bits per heavy atom. The van der Waals surface area contributed by atoms with Crippen LogP contribution in [0.1, 0.15) is 11.1 Å². The van der Waals surface area contributed by atoms with E-state index in [0.717, 1.165) is 40.4 Å². The predicted octanol–water partition coefficient (Wildman–Crippen LogP) is 3.23. The number of nitrogens with zero attached hydrogens (tertiary/aromatic N) is 1. The van der Waals surface area contributed by atoms with Gasteiger partial charge in [0.2, 0.25) is 0 Å². The predicted molar refractivity (Wildman–Crippen MR) is 76.8 cm³/mol. The van der Waals surface area contributed by atoms with Crippen molar-refractivity contribution in [3.05, 3.63) is 39.1 Å². The largest absolute Gasteiger partial charge is 0.368 e. The first-order chi connectivity index (χ1) is 8.83. The molecule has 2 heterocycles. The maximum atomic E-state index is 5.71. The fourth-order valence-corrected chi connectivity index (χ4v) is 3.05. The van der Waals surface area contributed by atoms with Crippen LogP contribution in [0, 0.1) is 0 Å². The highest BCUT2D eigenvalue weighted by Gasteiger charge is 2.19. The van der Waals surface area contributed by atoms with Crippen LogP contribution < -0.4 is 5.32 Å². The summed E-state index contributed by atoms with van der Waals surface area (Å²) >= 11 is 5.11. The zero-order chi connectivity index (χ0) is 12.4. The lowest BCUT2D eigenvalue weighted by atomic mass is 10.2. The van der Waals surface area contributed by atoms with E-state index >= 15 is 0 Å². The Kier molecular flexibility index (Phi) is 3.75. The van der Waals surface area contributed by atoms with Gasteiger partial charge in [-0.15, -0.1) is 11.3 Å². The number of thiazole rings is 1. The van der Waals surface area contributed by atoms with Crippen LogP contribution in [0.25, 0.3) is 11.3 Å². The SMILES string of the molecule is Brc1ccc(-c2csc(C3CNCCO3)n2)cc1. The van der Waals surface area contributed by atoms with Crippen molar-refractivity contribution in [1.29, 1.82) is 0 Å². The summed E-state index contributed by atoms with van der Waals surface area (Å²) < 4.78 is 6.79. The summed E-state index contributed by atoms with van der Waals surface area (Å²) in [6, 6.07) is 8.21. The molecule has 0 amide bonds. The normalized spacial score (nSPS) is 19.9. The van der Waals surface area contributed by atoms with Crippen molar-refractivity contribution >= 4 is 27.3 Å². The third kappa shape index (κ3) is 2.64. The van der Waals surface area contributed by atoms with Gasteiger partial charge in [-0.25, -0.2) is 4.98 Å². The second-order valence-electron chi connectivity index (χ2n) is 4.14. The van der Waals surface area contributed by atoms with E-state index in [4.69, 9.17) is 4.74 Å². The van der Waals surface area contributed by atoms with Crippen molar-refractivity contribution < 1.29 is 4.74 Å². The number of aromatic nitrogens is 1. The summed E-state index contributed by atoms with van der Waals surface area (Å²) in [4.78, 5) is 4.67. The second-order valence-corrected chi connectivity index (χ2v) is 5.95. The molecular formula is C13H13BrN2OS. The zero-order valence-corrected chi connectivity index (χ0v) is 12.1. The van der Waals surface area contributed by atoms with E-state index in [9.17, 15) is 0 Å². The molecular weight excluding hydrogens is 312 g/mol. The van der Waals surface area contributed by atoms with E-state index in [2.05, 4.69) is 43.7 Å². The van der Waals surface area contributed by atoms with E-state index < -0.39 is 0 Å². The van der Waals surface area contributed by atoms with E-state index in [1.54, 1.807) is 11.3 Å². The van der Waals surface area contributed by atoms with Crippen LogP contribution in [0.15, 0.2) is 34.1 Å². The Balaban J connectivity index is 1.82. The van der Waals surface area contributed by atoms with Crippen LogP contribution in [-0.2, 0) is 4.74 Å². The molecule has 94 valence electrons. The molecule has 0 spiro atoms. The van der Waals surface area contributed by atoms with Gasteiger partial charge < -0.3 is 10.1 Å².